The van der Waals surface area contributed by atoms with Gasteiger partial charge in [-0.25, -0.2) is 4.39 Å². The third-order valence-electron chi connectivity index (χ3n) is 4.59. The lowest BCUT2D eigenvalue weighted by Gasteiger charge is -2.27. The molecule has 0 aliphatic carbocycles. The molecule has 1 aliphatic heterocycles. The number of amides is 2. The first-order valence-electron chi connectivity index (χ1n) is 9.58. The first kappa shape index (κ1) is 20.6. The standard InChI is InChI=1S/C22H25FN2O4/c1-4-11-25-17-12-15(9-10-19(17)29-14-22(2,3)21(25)27)24-20(26)13-28-18-8-6-5-7-16(18)23/h5-10,12H,4,11,13-14H2,1-3H3,(H,24,26). The molecule has 154 valence electrons. The molecule has 1 heterocycles. The second-order valence-corrected chi connectivity index (χ2v) is 7.58. The van der Waals surface area contributed by atoms with E-state index in [1.165, 1.54) is 12.1 Å². The molecule has 0 unspecified atom stereocenters. The zero-order chi connectivity index (χ0) is 21.0. The Morgan fingerprint density at radius 3 is 2.76 bits per heavy atom. The second-order valence-electron chi connectivity index (χ2n) is 7.58. The zero-order valence-electron chi connectivity index (χ0n) is 16.8. The number of anilines is 2. The van der Waals surface area contributed by atoms with Crippen LogP contribution in [0.2, 0.25) is 0 Å². The van der Waals surface area contributed by atoms with Crippen molar-refractivity contribution in [3.05, 3.63) is 48.3 Å². The first-order valence-corrected chi connectivity index (χ1v) is 9.58. The average molecular weight is 400 g/mol. The van der Waals surface area contributed by atoms with E-state index in [1.807, 2.05) is 20.8 Å². The van der Waals surface area contributed by atoms with Gasteiger partial charge in [0.05, 0.1) is 11.1 Å². The van der Waals surface area contributed by atoms with Crippen LogP contribution < -0.4 is 19.7 Å². The number of hydrogen-bond donors (Lipinski definition) is 1. The van der Waals surface area contributed by atoms with E-state index in [1.54, 1.807) is 35.2 Å². The van der Waals surface area contributed by atoms with E-state index in [0.29, 0.717) is 23.7 Å². The molecule has 0 spiro atoms. The fraction of sp³-hybridized carbons (Fsp3) is 0.364. The van der Waals surface area contributed by atoms with Crippen LogP contribution in [-0.2, 0) is 9.59 Å². The third-order valence-corrected chi connectivity index (χ3v) is 4.59. The number of benzene rings is 2. The predicted molar refractivity (Wildman–Crippen MR) is 109 cm³/mol. The van der Waals surface area contributed by atoms with Gasteiger partial charge < -0.3 is 19.7 Å². The van der Waals surface area contributed by atoms with Gasteiger partial charge in [-0.05, 0) is 50.6 Å². The minimum atomic E-state index is -0.648. The van der Waals surface area contributed by atoms with Crippen LogP contribution >= 0.6 is 0 Å². The molecule has 1 aliphatic rings. The third kappa shape index (κ3) is 4.67. The van der Waals surface area contributed by atoms with Gasteiger partial charge in [-0.15, -0.1) is 0 Å². The number of carbonyl (C=O) groups is 2. The Morgan fingerprint density at radius 2 is 2.03 bits per heavy atom. The smallest absolute Gasteiger partial charge is 0.262 e. The van der Waals surface area contributed by atoms with Gasteiger partial charge in [0.15, 0.2) is 18.2 Å². The Balaban J connectivity index is 1.75. The molecule has 3 rings (SSSR count). The summed E-state index contributed by atoms with van der Waals surface area (Å²) in [6.07, 6.45) is 0.786. The van der Waals surface area contributed by atoms with Crippen molar-refractivity contribution in [3.8, 4) is 11.5 Å². The fourth-order valence-corrected chi connectivity index (χ4v) is 3.07. The van der Waals surface area contributed by atoms with Crippen molar-refractivity contribution in [2.75, 3.05) is 30.0 Å². The Labute approximate surface area is 169 Å². The van der Waals surface area contributed by atoms with Crippen LogP contribution in [0.15, 0.2) is 42.5 Å². The molecule has 0 atom stereocenters. The average Bonchev–Trinajstić information content (AvgIpc) is 2.78. The van der Waals surface area contributed by atoms with E-state index in [4.69, 9.17) is 9.47 Å². The van der Waals surface area contributed by atoms with Crippen molar-refractivity contribution >= 4 is 23.2 Å². The maximum Gasteiger partial charge on any atom is 0.262 e. The number of rotatable bonds is 6. The van der Waals surface area contributed by atoms with Crippen molar-refractivity contribution in [2.24, 2.45) is 5.41 Å². The second kappa shape index (κ2) is 8.51. The molecule has 0 saturated heterocycles. The van der Waals surface area contributed by atoms with E-state index in [0.717, 1.165) is 6.42 Å². The first-order chi connectivity index (χ1) is 13.8. The summed E-state index contributed by atoms with van der Waals surface area (Å²) in [7, 11) is 0. The normalized spacial score (nSPS) is 15.2. The fourth-order valence-electron chi connectivity index (χ4n) is 3.07. The molecule has 0 saturated carbocycles. The number of nitrogens with zero attached hydrogens (tertiary/aromatic N) is 1. The number of hydrogen-bond acceptors (Lipinski definition) is 4. The maximum absolute atomic E-state index is 13.6. The lowest BCUT2D eigenvalue weighted by Crippen LogP contribution is -2.42. The van der Waals surface area contributed by atoms with E-state index in [2.05, 4.69) is 5.32 Å². The summed E-state index contributed by atoms with van der Waals surface area (Å²) in [6, 6.07) is 11.0. The predicted octanol–water partition coefficient (Wildman–Crippen LogP) is 4.00. The molecule has 2 amide bonds. The minimum Gasteiger partial charge on any atom is -0.490 e. The van der Waals surface area contributed by atoms with Crippen LogP contribution in [0, 0.1) is 11.2 Å². The number of ether oxygens (including phenoxy) is 2. The molecule has 2 aromatic rings. The number of nitrogens with one attached hydrogen (secondary N) is 1. The Hall–Kier alpha value is -3.09. The van der Waals surface area contributed by atoms with Crippen molar-refractivity contribution in [2.45, 2.75) is 27.2 Å². The van der Waals surface area contributed by atoms with Crippen LogP contribution in [0.1, 0.15) is 27.2 Å². The van der Waals surface area contributed by atoms with Crippen molar-refractivity contribution < 1.29 is 23.5 Å². The van der Waals surface area contributed by atoms with E-state index < -0.39 is 17.1 Å². The largest absolute Gasteiger partial charge is 0.490 e. The van der Waals surface area contributed by atoms with E-state index in [-0.39, 0.29) is 24.9 Å². The zero-order valence-corrected chi connectivity index (χ0v) is 16.8. The molecule has 0 fully saturated rings. The molecule has 1 N–H and O–H groups in total. The Morgan fingerprint density at radius 1 is 1.28 bits per heavy atom. The van der Waals surface area contributed by atoms with Gasteiger partial charge in [0.1, 0.15) is 12.4 Å². The molecule has 7 heteroatoms. The summed E-state index contributed by atoms with van der Waals surface area (Å²) in [4.78, 5) is 26.9. The Kier molecular flexibility index (Phi) is 6.06. The minimum absolute atomic E-state index is 0.0138. The molecule has 29 heavy (non-hydrogen) atoms. The molecule has 2 aromatic carbocycles. The number of para-hydroxylation sites is 1. The van der Waals surface area contributed by atoms with Crippen LogP contribution in [0.4, 0.5) is 15.8 Å². The van der Waals surface area contributed by atoms with Crippen molar-refractivity contribution in [1.29, 1.82) is 0 Å². The monoisotopic (exact) mass is 400 g/mol. The summed E-state index contributed by atoms with van der Waals surface area (Å²) in [5, 5.41) is 2.72. The topological polar surface area (TPSA) is 67.9 Å². The molecule has 0 aromatic heterocycles. The van der Waals surface area contributed by atoms with Crippen LogP contribution in [0.25, 0.3) is 0 Å². The highest BCUT2D eigenvalue weighted by molar-refractivity contribution is 6.00. The van der Waals surface area contributed by atoms with Gasteiger partial charge in [-0.3, -0.25) is 9.59 Å². The van der Waals surface area contributed by atoms with Crippen molar-refractivity contribution in [1.82, 2.24) is 0 Å². The molecule has 6 nitrogen and oxygen atoms in total. The highest BCUT2D eigenvalue weighted by Gasteiger charge is 2.37. The number of fused-ring (bicyclic) bond motifs is 1. The van der Waals surface area contributed by atoms with E-state index >= 15 is 0 Å². The molecule has 0 bridgehead atoms. The summed E-state index contributed by atoms with van der Waals surface area (Å²) in [5.74, 6) is -0.377. The Bertz CT molecular complexity index is 913. The van der Waals surface area contributed by atoms with Crippen LogP contribution in [0.5, 0.6) is 11.5 Å². The number of carbonyl (C=O) groups excluding carboxylic acids is 2. The quantitative estimate of drug-likeness (QED) is 0.796. The van der Waals surface area contributed by atoms with Crippen molar-refractivity contribution in [3.63, 3.8) is 0 Å². The van der Waals surface area contributed by atoms with Crippen LogP contribution in [0.3, 0.4) is 0 Å². The maximum atomic E-state index is 13.6. The SMILES string of the molecule is CCCN1C(=O)C(C)(C)COc2ccc(NC(=O)COc3ccccc3F)cc21. The number of halogens is 1. The molecular weight excluding hydrogens is 375 g/mol. The van der Waals surface area contributed by atoms with Crippen LogP contribution in [-0.4, -0.2) is 31.6 Å². The highest BCUT2D eigenvalue weighted by atomic mass is 19.1. The van der Waals surface area contributed by atoms with Gasteiger partial charge in [0.25, 0.3) is 5.91 Å². The van der Waals surface area contributed by atoms with Gasteiger partial charge in [0.2, 0.25) is 5.91 Å². The van der Waals surface area contributed by atoms with E-state index in [9.17, 15) is 14.0 Å². The van der Waals surface area contributed by atoms with Gasteiger partial charge in [-0.2, -0.15) is 0 Å². The molecular formula is C22H25FN2O4. The summed E-state index contributed by atoms with van der Waals surface area (Å²) >= 11 is 0. The highest BCUT2D eigenvalue weighted by Crippen LogP contribution is 2.38. The van der Waals surface area contributed by atoms with Gasteiger partial charge >= 0.3 is 0 Å². The summed E-state index contributed by atoms with van der Waals surface area (Å²) in [5.41, 5.74) is 0.476. The molecule has 0 radical (unpaired) electrons. The summed E-state index contributed by atoms with van der Waals surface area (Å²) < 4.78 is 24.7. The lowest BCUT2D eigenvalue weighted by molar-refractivity contribution is -0.127. The summed E-state index contributed by atoms with van der Waals surface area (Å²) in [6.45, 7) is 6.20. The van der Waals surface area contributed by atoms with Gasteiger partial charge in [-0.1, -0.05) is 19.1 Å². The van der Waals surface area contributed by atoms with Gasteiger partial charge in [0, 0.05) is 12.2 Å². The lowest BCUT2D eigenvalue weighted by atomic mass is 9.93.